The molecule has 170 valence electrons. The second-order valence-electron chi connectivity index (χ2n) is 8.31. The van der Waals surface area contributed by atoms with Gasteiger partial charge in [-0.25, -0.2) is 4.98 Å². The highest BCUT2D eigenvalue weighted by molar-refractivity contribution is 5.96. The third-order valence-electron chi connectivity index (χ3n) is 5.93. The number of alkyl halides is 3. The van der Waals surface area contributed by atoms with Crippen LogP contribution in [0, 0.1) is 5.92 Å². The predicted octanol–water partition coefficient (Wildman–Crippen LogP) is 4.08. The van der Waals surface area contributed by atoms with E-state index in [-0.39, 0.29) is 31.3 Å². The maximum atomic E-state index is 12.9. The van der Waals surface area contributed by atoms with Gasteiger partial charge in [0.15, 0.2) is 0 Å². The van der Waals surface area contributed by atoms with Crippen LogP contribution in [0.1, 0.15) is 36.8 Å². The van der Waals surface area contributed by atoms with Crippen LogP contribution in [0.15, 0.2) is 42.6 Å². The first-order valence-corrected chi connectivity index (χ1v) is 10.8. The summed E-state index contributed by atoms with van der Waals surface area (Å²) in [6.45, 7) is 2.20. The van der Waals surface area contributed by atoms with Crippen molar-refractivity contribution in [3.63, 3.8) is 0 Å². The lowest BCUT2D eigenvalue weighted by Gasteiger charge is -2.28. The molecule has 1 aromatic carbocycles. The molecule has 0 spiro atoms. The number of halogens is 3. The van der Waals surface area contributed by atoms with Gasteiger partial charge >= 0.3 is 6.18 Å². The van der Waals surface area contributed by atoms with Crippen LogP contribution in [0.25, 0.3) is 0 Å². The molecule has 1 N–H and O–H groups in total. The van der Waals surface area contributed by atoms with E-state index >= 15 is 0 Å². The molecule has 2 amide bonds. The Morgan fingerprint density at radius 1 is 1.12 bits per heavy atom. The van der Waals surface area contributed by atoms with E-state index in [4.69, 9.17) is 0 Å². The number of nitrogens with one attached hydrogen (secondary N) is 1. The molecule has 2 aromatic rings. The molecule has 1 atom stereocenters. The van der Waals surface area contributed by atoms with Gasteiger partial charge in [0.2, 0.25) is 11.8 Å². The molecule has 1 aromatic heterocycles. The van der Waals surface area contributed by atoms with E-state index in [0.29, 0.717) is 11.4 Å². The van der Waals surface area contributed by atoms with Crippen LogP contribution in [-0.2, 0) is 22.3 Å². The van der Waals surface area contributed by atoms with Crippen LogP contribution in [0.4, 0.5) is 24.7 Å². The van der Waals surface area contributed by atoms with E-state index in [9.17, 15) is 22.8 Å². The molecule has 9 heteroatoms. The molecule has 0 bridgehead atoms. The molecule has 3 heterocycles. The van der Waals surface area contributed by atoms with Crippen molar-refractivity contribution in [1.29, 1.82) is 0 Å². The Balaban J connectivity index is 1.34. The van der Waals surface area contributed by atoms with E-state index in [1.54, 1.807) is 18.3 Å². The number of benzene rings is 1. The Morgan fingerprint density at radius 3 is 2.59 bits per heavy atom. The first-order valence-electron chi connectivity index (χ1n) is 10.8. The summed E-state index contributed by atoms with van der Waals surface area (Å²) in [4.78, 5) is 33.0. The molecule has 0 saturated carbocycles. The molecular formula is C23H25F3N4O2. The lowest BCUT2D eigenvalue weighted by molar-refractivity contribution is -0.137. The first kappa shape index (κ1) is 22.1. The minimum Gasteiger partial charge on any atom is -0.370 e. The van der Waals surface area contributed by atoms with E-state index < -0.39 is 17.7 Å². The number of likely N-dealkylation sites (tertiary alicyclic amines) is 1. The lowest BCUT2D eigenvalue weighted by atomic mass is 10.1. The number of rotatable bonds is 5. The summed E-state index contributed by atoms with van der Waals surface area (Å²) in [5.74, 6) is -0.726. The Hall–Kier alpha value is -3.10. The summed E-state index contributed by atoms with van der Waals surface area (Å²) in [6, 6.07) is 8.57. The van der Waals surface area contributed by atoms with Gasteiger partial charge in [-0.3, -0.25) is 9.59 Å². The maximum Gasteiger partial charge on any atom is 0.416 e. The zero-order valence-electron chi connectivity index (χ0n) is 17.6. The largest absolute Gasteiger partial charge is 0.416 e. The van der Waals surface area contributed by atoms with E-state index in [1.165, 1.54) is 17.4 Å². The minimum atomic E-state index is -4.44. The van der Waals surface area contributed by atoms with E-state index in [2.05, 4.69) is 15.2 Å². The van der Waals surface area contributed by atoms with Crippen molar-refractivity contribution in [1.82, 2.24) is 9.88 Å². The molecule has 4 rings (SSSR count). The Morgan fingerprint density at radius 2 is 1.91 bits per heavy atom. The second kappa shape index (κ2) is 9.18. The monoisotopic (exact) mass is 446 g/mol. The van der Waals surface area contributed by atoms with Gasteiger partial charge in [-0.1, -0.05) is 12.1 Å². The third kappa shape index (κ3) is 5.20. The van der Waals surface area contributed by atoms with Crippen molar-refractivity contribution in [3.05, 3.63) is 53.7 Å². The van der Waals surface area contributed by atoms with Crippen molar-refractivity contribution < 1.29 is 22.8 Å². The quantitative estimate of drug-likeness (QED) is 0.752. The summed E-state index contributed by atoms with van der Waals surface area (Å²) in [6.07, 6.45) is 0.876. The molecule has 2 saturated heterocycles. The number of carbonyl (C=O) groups is 2. The number of pyridine rings is 1. The van der Waals surface area contributed by atoms with Crippen LogP contribution in [-0.4, -0.2) is 41.3 Å². The molecule has 2 aliphatic heterocycles. The molecule has 2 fully saturated rings. The van der Waals surface area contributed by atoms with Gasteiger partial charge in [-0.2, -0.15) is 13.2 Å². The fourth-order valence-corrected chi connectivity index (χ4v) is 4.19. The molecule has 0 aliphatic carbocycles. The van der Waals surface area contributed by atoms with Gasteiger partial charge in [0.05, 0.1) is 23.4 Å². The Bertz CT molecular complexity index is 972. The number of aromatic nitrogens is 1. The minimum absolute atomic E-state index is 0.0245. The summed E-state index contributed by atoms with van der Waals surface area (Å²) in [7, 11) is 0. The molecule has 0 radical (unpaired) electrons. The lowest BCUT2D eigenvalue weighted by Crippen LogP contribution is -2.29. The fraction of sp³-hybridized carbons (Fsp3) is 0.435. The highest BCUT2D eigenvalue weighted by atomic mass is 19.4. The van der Waals surface area contributed by atoms with Crippen molar-refractivity contribution in [2.75, 3.05) is 29.9 Å². The van der Waals surface area contributed by atoms with E-state index in [0.717, 1.165) is 43.8 Å². The van der Waals surface area contributed by atoms with E-state index in [1.807, 2.05) is 6.07 Å². The molecular weight excluding hydrogens is 421 g/mol. The zero-order chi connectivity index (χ0) is 22.7. The summed E-state index contributed by atoms with van der Waals surface area (Å²) < 4.78 is 38.8. The highest BCUT2D eigenvalue weighted by Gasteiger charge is 2.35. The number of hydrogen-bond donors (Lipinski definition) is 1. The topological polar surface area (TPSA) is 65.5 Å². The summed E-state index contributed by atoms with van der Waals surface area (Å²) in [5.41, 5.74) is 0.644. The Kier molecular flexibility index (Phi) is 6.34. The Labute approximate surface area is 184 Å². The predicted molar refractivity (Wildman–Crippen MR) is 114 cm³/mol. The van der Waals surface area contributed by atoms with Gasteiger partial charge in [0, 0.05) is 32.6 Å². The smallest absolute Gasteiger partial charge is 0.370 e. The van der Waals surface area contributed by atoms with Crippen LogP contribution in [0.2, 0.25) is 0 Å². The number of carbonyl (C=O) groups excluding carboxylic acids is 2. The fourth-order valence-electron chi connectivity index (χ4n) is 4.19. The maximum absolute atomic E-state index is 12.9. The average molecular weight is 446 g/mol. The average Bonchev–Trinajstić information content (AvgIpc) is 3.15. The van der Waals surface area contributed by atoms with Crippen LogP contribution >= 0.6 is 0 Å². The molecule has 2 aliphatic rings. The number of hydrogen-bond acceptors (Lipinski definition) is 4. The van der Waals surface area contributed by atoms with Crippen molar-refractivity contribution >= 4 is 23.3 Å². The van der Waals surface area contributed by atoms with Crippen molar-refractivity contribution in [3.8, 4) is 0 Å². The summed E-state index contributed by atoms with van der Waals surface area (Å²) in [5, 5.41) is 2.75. The number of amides is 2. The highest BCUT2D eigenvalue weighted by Crippen LogP contribution is 2.30. The van der Waals surface area contributed by atoms with Crippen LogP contribution in [0.3, 0.4) is 0 Å². The van der Waals surface area contributed by atoms with Gasteiger partial charge in [0.25, 0.3) is 0 Å². The molecule has 32 heavy (non-hydrogen) atoms. The number of nitrogens with zero attached hydrogens (tertiary/aromatic N) is 3. The molecule has 6 nitrogen and oxygen atoms in total. The molecule has 1 unspecified atom stereocenters. The second-order valence-corrected chi connectivity index (χ2v) is 8.31. The third-order valence-corrected chi connectivity index (χ3v) is 5.93. The standard InChI is InChI=1S/C23H25F3N4O2/c24-23(25,26)18-6-4-5-16(11-18)14-30-15-17(12-21(30)31)22(32)28-20-8-7-19(13-27-20)29-9-2-1-3-10-29/h4-8,11,13,17H,1-3,9-10,12,14-15H2,(H,27,28,32). The summed E-state index contributed by atoms with van der Waals surface area (Å²) >= 11 is 0. The van der Waals surface area contributed by atoms with Gasteiger partial charge in [-0.05, 0) is 49.1 Å². The number of anilines is 2. The van der Waals surface area contributed by atoms with Gasteiger partial charge in [0.1, 0.15) is 5.82 Å². The van der Waals surface area contributed by atoms with Crippen molar-refractivity contribution in [2.24, 2.45) is 5.92 Å². The van der Waals surface area contributed by atoms with Crippen molar-refractivity contribution in [2.45, 2.75) is 38.4 Å². The van der Waals surface area contributed by atoms with Crippen LogP contribution < -0.4 is 10.2 Å². The normalized spacial score (nSPS) is 19.3. The zero-order valence-corrected chi connectivity index (χ0v) is 17.6. The number of piperidine rings is 1. The SMILES string of the molecule is O=C(Nc1ccc(N2CCCCC2)cn1)C1CC(=O)N(Cc2cccc(C(F)(F)F)c2)C1. The van der Waals surface area contributed by atoms with Gasteiger partial charge < -0.3 is 15.1 Å². The van der Waals surface area contributed by atoms with Crippen LogP contribution in [0.5, 0.6) is 0 Å². The van der Waals surface area contributed by atoms with Gasteiger partial charge in [-0.15, -0.1) is 0 Å². The first-order chi connectivity index (χ1) is 15.3.